The number of rotatable bonds is 3. The second kappa shape index (κ2) is 5.72. The molecule has 0 spiro atoms. The van der Waals surface area contributed by atoms with Crippen molar-refractivity contribution in [2.75, 3.05) is 0 Å². The van der Waals surface area contributed by atoms with E-state index in [-0.39, 0.29) is 5.56 Å². The summed E-state index contributed by atoms with van der Waals surface area (Å²) in [5, 5.41) is 4.24. The topological polar surface area (TPSA) is 60.4 Å². The van der Waals surface area contributed by atoms with Crippen LogP contribution in [0.25, 0.3) is 22.6 Å². The van der Waals surface area contributed by atoms with E-state index in [1.807, 2.05) is 18.2 Å². The van der Waals surface area contributed by atoms with Crippen molar-refractivity contribution >= 4 is 22.4 Å². The molecule has 24 heavy (non-hydrogen) atoms. The maximum absolute atomic E-state index is 12.5. The number of fused-ring (bicyclic) bond motifs is 1. The summed E-state index contributed by atoms with van der Waals surface area (Å²) in [6.07, 6.45) is 3.43. The minimum atomic E-state index is -0.159. The highest BCUT2D eigenvalue weighted by Gasteiger charge is 2.13. The fourth-order valence-corrected chi connectivity index (χ4v) is 3.38. The van der Waals surface area contributed by atoms with E-state index in [4.69, 9.17) is 4.42 Å². The molecule has 5 nitrogen and oxygen atoms in total. The number of nitrogens with zero attached hydrogens (tertiary/aromatic N) is 3. The van der Waals surface area contributed by atoms with Crippen LogP contribution in [0.5, 0.6) is 0 Å². The Labute approximate surface area is 141 Å². The monoisotopic (exact) mass is 337 g/mol. The SMILES string of the molecule is CC(C)c1ccc(C=c2sc3nc(-c4ccco4)nn3c2=O)cc1. The molecule has 6 heteroatoms. The molecular weight excluding hydrogens is 322 g/mol. The van der Waals surface area contributed by atoms with Gasteiger partial charge in [-0.25, -0.2) is 0 Å². The molecule has 3 heterocycles. The largest absolute Gasteiger partial charge is 0.461 e. The van der Waals surface area contributed by atoms with Crippen LogP contribution in [0.2, 0.25) is 0 Å². The highest BCUT2D eigenvalue weighted by atomic mass is 32.1. The Balaban J connectivity index is 1.76. The quantitative estimate of drug-likeness (QED) is 0.576. The minimum Gasteiger partial charge on any atom is -0.461 e. The van der Waals surface area contributed by atoms with Crippen molar-refractivity contribution in [1.29, 1.82) is 0 Å². The summed E-state index contributed by atoms with van der Waals surface area (Å²) in [6, 6.07) is 11.8. The van der Waals surface area contributed by atoms with Crippen molar-refractivity contribution in [2.45, 2.75) is 19.8 Å². The number of benzene rings is 1. The molecule has 4 aromatic rings. The first-order chi connectivity index (χ1) is 11.6. The van der Waals surface area contributed by atoms with E-state index in [9.17, 15) is 4.79 Å². The second-order valence-corrected chi connectivity index (χ2v) is 6.85. The predicted molar refractivity (Wildman–Crippen MR) is 94.2 cm³/mol. The maximum atomic E-state index is 12.5. The summed E-state index contributed by atoms with van der Waals surface area (Å²) in [6.45, 7) is 4.32. The van der Waals surface area contributed by atoms with Gasteiger partial charge in [-0.05, 0) is 35.3 Å². The third-order valence-electron chi connectivity index (χ3n) is 3.82. The number of furan rings is 1. The summed E-state index contributed by atoms with van der Waals surface area (Å²) < 4.78 is 7.22. The van der Waals surface area contributed by atoms with Gasteiger partial charge >= 0.3 is 0 Å². The molecule has 0 unspecified atom stereocenters. The van der Waals surface area contributed by atoms with E-state index in [0.717, 1.165) is 5.56 Å². The smallest absolute Gasteiger partial charge is 0.291 e. The highest BCUT2D eigenvalue weighted by Crippen LogP contribution is 2.17. The van der Waals surface area contributed by atoms with E-state index < -0.39 is 0 Å². The Morgan fingerprint density at radius 1 is 1.21 bits per heavy atom. The van der Waals surface area contributed by atoms with Crippen LogP contribution in [-0.2, 0) is 0 Å². The lowest BCUT2D eigenvalue weighted by molar-refractivity contribution is 0.577. The van der Waals surface area contributed by atoms with Crippen LogP contribution < -0.4 is 10.1 Å². The first-order valence-corrected chi connectivity index (χ1v) is 8.48. The number of hydrogen-bond donors (Lipinski definition) is 0. The fourth-order valence-electron chi connectivity index (χ4n) is 2.47. The Kier molecular flexibility index (Phi) is 3.54. The Hall–Kier alpha value is -2.73. The van der Waals surface area contributed by atoms with Gasteiger partial charge in [-0.3, -0.25) is 4.79 Å². The highest BCUT2D eigenvalue weighted by molar-refractivity contribution is 7.15. The lowest BCUT2D eigenvalue weighted by Crippen LogP contribution is -2.23. The molecule has 0 saturated heterocycles. The van der Waals surface area contributed by atoms with Gasteiger partial charge < -0.3 is 4.42 Å². The van der Waals surface area contributed by atoms with Gasteiger partial charge in [0, 0.05) is 0 Å². The summed E-state index contributed by atoms with van der Waals surface area (Å²) >= 11 is 1.33. The van der Waals surface area contributed by atoms with Gasteiger partial charge in [0.05, 0.1) is 10.8 Å². The third-order valence-corrected chi connectivity index (χ3v) is 4.78. The molecule has 0 aliphatic carbocycles. The number of thiazole rings is 1. The molecule has 0 atom stereocenters. The molecule has 0 amide bonds. The summed E-state index contributed by atoms with van der Waals surface area (Å²) in [4.78, 5) is 17.4. The van der Waals surface area contributed by atoms with E-state index in [1.165, 1.54) is 21.4 Å². The van der Waals surface area contributed by atoms with Gasteiger partial charge in [0.2, 0.25) is 10.8 Å². The third kappa shape index (κ3) is 2.55. The van der Waals surface area contributed by atoms with Crippen LogP contribution in [0, 0.1) is 0 Å². The molecule has 3 aromatic heterocycles. The van der Waals surface area contributed by atoms with Crippen molar-refractivity contribution in [3.05, 3.63) is 68.7 Å². The van der Waals surface area contributed by atoms with E-state index in [0.29, 0.717) is 27.0 Å². The minimum absolute atomic E-state index is 0.159. The van der Waals surface area contributed by atoms with Gasteiger partial charge in [-0.15, -0.1) is 5.10 Å². The zero-order chi connectivity index (χ0) is 16.7. The molecule has 1 aromatic carbocycles. The molecule has 0 aliphatic rings. The summed E-state index contributed by atoms with van der Waals surface area (Å²) in [5.74, 6) is 1.47. The molecule has 0 bridgehead atoms. The second-order valence-electron chi connectivity index (χ2n) is 5.84. The molecule has 0 aliphatic heterocycles. The van der Waals surface area contributed by atoms with Gasteiger partial charge in [0.25, 0.3) is 5.56 Å². The average molecular weight is 337 g/mol. The van der Waals surface area contributed by atoms with Crippen LogP contribution in [-0.4, -0.2) is 14.6 Å². The van der Waals surface area contributed by atoms with E-state index in [1.54, 1.807) is 18.4 Å². The van der Waals surface area contributed by atoms with Gasteiger partial charge in [0.1, 0.15) is 0 Å². The van der Waals surface area contributed by atoms with Crippen molar-refractivity contribution in [3.8, 4) is 11.6 Å². The molecule has 0 radical (unpaired) electrons. The van der Waals surface area contributed by atoms with E-state index >= 15 is 0 Å². The van der Waals surface area contributed by atoms with Gasteiger partial charge in [-0.2, -0.15) is 9.50 Å². The first kappa shape index (κ1) is 14.8. The Bertz CT molecular complexity index is 1090. The van der Waals surface area contributed by atoms with Crippen molar-refractivity contribution in [3.63, 3.8) is 0 Å². The van der Waals surface area contributed by atoms with Crippen LogP contribution in [0.1, 0.15) is 30.9 Å². The molecule has 0 saturated carbocycles. The molecule has 0 fully saturated rings. The maximum Gasteiger partial charge on any atom is 0.291 e. The first-order valence-electron chi connectivity index (χ1n) is 7.67. The van der Waals surface area contributed by atoms with Gasteiger partial charge in [0.15, 0.2) is 5.76 Å². The Morgan fingerprint density at radius 2 is 2.00 bits per heavy atom. The van der Waals surface area contributed by atoms with Crippen molar-refractivity contribution in [1.82, 2.24) is 14.6 Å². The number of aromatic nitrogens is 3. The summed E-state index contributed by atoms with van der Waals surface area (Å²) in [7, 11) is 0. The molecule has 0 N–H and O–H groups in total. The molecule has 4 rings (SSSR count). The van der Waals surface area contributed by atoms with E-state index in [2.05, 4.69) is 36.1 Å². The lowest BCUT2D eigenvalue weighted by atomic mass is 10.0. The average Bonchev–Trinajstić information content (AvgIpc) is 3.27. The lowest BCUT2D eigenvalue weighted by Gasteiger charge is -2.04. The molecular formula is C18H15N3O2S. The van der Waals surface area contributed by atoms with Crippen LogP contribution in [0.3, 0.4) is 0 Å². The zero-order valence-corrected chi connectivity index (χ0v) is 14.1. The number of hydrogen-bond acceptors (Lipinski definition) is 5. The molecule has 120 valence electrons. The van der Waals surface area contributed by atoms with Crippen molar-refractivity contribution < 1.29 is 4.42 Å². The van der Waals surface area contributed by atoms with Crippen LogP contribution in [0.15, 0.2) is 51.9 Å². The van der Waals surface area contributed by atoms with Crippen molar-refractivity contribution in [2.24, 2.45) is 0 Å². The Morgan fingerprint density at radius 3 is 2.62 bits per heavy atom. The zero-order valence-electron chi connectivity index (χ0n) is 13.3. The standard InChI is InChI=1S/C18H15N3O2S/c1-11(2)13-7-5-12(6-8-13)10-15-17(22)21-18(24-15)19-16(20-21)14-4-3-9-23-14/h3-11H,1-2H3. The normalized spacial score (nSPS) is 12.5. The summed E-state index contributed by atoms with van der Waals surface area (Å²) in [5.41, 5.74) is 2.11. The van der Waals surface area contributed by atoms with Crippen LogP contribution in [0.4, 0.5) is 0 Å². The van der Waals surface area contributed by atoms with Gasteiger partial charge in [-0.1, -0.05) is 49.4 Å². The fraction of sp³-hybridized carbons (Fsp3) is 0.167. The predicted octanol–water partition coefficient (Wildman–Crippen LogP) is 3.08. The van der Waals surface area contributed by atoms with Crippen LogP contribution >= 0.6 is 11.3 Å².